The summed E-state index contributed by atoms with van der Waals surface area (Å²) in [5.74, 6) is 1.36. The molecular weight excluding hydrogens is 284 g/mol. The molecule has 7 heteroatoms. The lowest BCUT2D eigenvalue weighted by molar-refractivity contribution is 0.214. The van der Waals surface area contributed by atoms with Crippen molar-refractivity contribution in [2.75, 3.05) is 44.2 Å². The highest BCUT2D eigenvalue weighted by Gasteiger charge is 2.24. The first-order valence-corrected chi connectivity index (χ1v) is 7.35. The summed E-state index contributed by atoms with van der Waals surface area (Å²) in [5.41, 5.74) is 0.287. The van der Waals surface area contributed by atoms with Gasteiger partial charge in [-0.2, -0.15) is 10.2 Å². The van der Waals surface area contributed by atoms with Crippen LogP contribution in [-0.2, 0) is 0 Å². The Morgan fingerprint density at radius 2 is 2.14 bits per heavy atom. The average molecular weight is 302 g/mol. The minimum Gasteiger partial charge on any atom is -0.459 e. The standard InChI is InChI=1S/C15H18N4O3/c16-11-12-15(22-14(17-12)13-3-1-10-21-13)19-7-5-18(6-8-19)4-2-9-20/h1,3,10,20H,2,4-9H2. The molecule has 1 aliphatic heterocycles. The molecule has 0 unspecified atom stereocenters. The second kappa shape index (κ2) is 6.64. The fourth-order valence-electron chi connectivity index (χ4n) is 2.57. The third-order valence-electron chi connectivity index (χ3n) is 3.74. The zero-order chi connectivity index (χ0) is 15.4. The molecule has 22 heavy (non-hydrogen) atoms. The third-order valence-corrected chi connectivity index (χ3v) is 3.74. The van der Waals surface area contributed by atoms with Gasteiger partial charge in [0.1, 0.15) is 6.07 Å². The summed E-state index contributed by atoms with van der Waals surface area (Å²) in [7, 11) is 0. The predicted octanol–water partition coefficient (Wildman–Crippen LogP) is 1.31. The Morgan fingerprint density at radius 1 is 1.32 bits per heavy atom. The molecule has 0 aliphatic carbocycles. The Hall–Kier alpha value is -2.30. The molecule has 2 aromatic heterocycles. The van der Waals surface area contributed by atoms with E-state index in [2.05, 4.69) is 16.0 Å². The number of anilines is 1. The molecule has 3 heterocycles. The molecule has 3 rings (SSSR count). The van der Waals surface area contributed by atoms with Crippen molar-refractivity contribution < 1.29 is 13.9 Å². The first kappa shape index (κ1) is 14.6. The Bertz CT molecular complexity index is 636. The summed E-state index contributed by atoms with van der Waals surface area (Å²) in [5, 5.41) is 18.1. The second-order valence-electron chi connectivity index (χ2n) is 5.17. The third kappa shape index (κ3) is 2.98. The highest BCUT2D eigenvalue weighted by Crippen LogP contribution is 2.28. The van der Waals surface area contributed by atoms with Crippen molar-refractivity contribution in [2.45, 2.75) is 6.42 Å². The van der Waals surface area contributed by atoms with Crippen LogP contribution in [0.4, 0.5) is 5.88 Å². The van der Waals surface area contributed by atoms with Crippen LogP contribution in [0.5, 0.6) is 0 Å². The number of rotatable bonds is 5. The largest absolute Gasteiger partial charge is 0.459 e. The van der Waals surface area contributed by atoms with Gasteiger partial charge in [0.05, 0.1) is 6.26 Å². The van der Waals surface area contributed by atoms with Crippen LogP contribution in [0.1, 0.15) is 12.1 Å². The molecule has 0 bridgehead atoms. The highest BCUT2D eigenvalue weighted by molar-refractivity contribution is 5.55. The van der Waals surface area contributed by atoms with Crippen LogP contribution >= 0.6 is 0 Å². The minimum absolute atomic E-state index is 0.216. The van der Waals surface area contributed by atoms with Crippen molar-refractivity contribution in [1.29, 1.82) is 5.26 Å². The molecular formula is C15H18N4O3. The summed E-state index contributed by atoms with van der Waals surface area (Å²) >= 11 is 0. The fourth-order valence-corrected chi connectivity index (χ4v) is 2.57. The summed E-state index contributed by atoms with van der Waals surface area (Å²) in [6, 6.07) is 5.59. The number of piperazine rings is 1. The molecule has 1 aliphatic rings. The fraction of sp³-hybridized carbons (Fsp3) is 0.467. The van der Waals surface area contributed by atoms with Crippen molar-refractivity contribution in [3.8, 4) is 17.7 Å². The van der Waals surface area contributed by atoms with Crippen LogP contribution in [0.3, 0.4) is 0 Å². The number of aliphatic hydroxyl groups is 1. The summed E-state index contributed by atoms with van der Waals surface area (Å²) in [6.45, 7) is 4.40. The number of aromatic nitrogens is 1. The van der Waals surface area contributed by atoms with Crippen molar-refractivity contribution in [3.05, 3.63) is 24.1 Å². The van der Waals surface area contributed by atoms with Gasteiger partial charge < -0.3 is 18.8 Å². The first-order chi connectivity index (χ1) is 10.8. The minimum atomic E-state index is 0.216. The SMILES string of the molecule is N#Cc1nc(-c2ccco2)oc1N1CCN(CCCO)CC1. The zero-order valence-electron chi connectivity index (χ0n) is 12.2. The van der Waals surface area contributed by atoms with E-state index in [4.69, 9.17) is 13.9 Å². The van der Waals surface area contributed by atoms with Crippen LogP contribution in [0.25, 0.3) is 11.7 Å². The van der Waals surface area contributed by atoms with Gasteiger partial charge in [0.25, 0.3) is 5.89 Å². The van der Waals surface area contributed by atoms with E-state index >= 15 is 0 Å². The van der Waals surface area contributed by atoms with E-state index in [1.165, 1.54) is 0 Å². The van der Waals surface area contributed by atoms with Crippen LogP contribution in [0.2, 0.25) is 0 Å². The number of nitrogens with zero attached hydrogens (tertiary/aromatic N) is 4. The van der Waals surface area contributed by atoms with Crippen LogP contribution in [-0.4, -0.2) is 54.3 Å². The summed E-state index contributed by atoms with van der Waals surface area (Å²) in [4.78, 5) is 8.53. The van der Waals surface area contributed by atoms with Crippen LogP contribution < -0.4 is 4.90 Å². The Balaban J connectivity index is 1.72. The van der Waals surface area contributed by atoms with Gasteiger partial charge in [0, 0.05) is 39.3 Å². The lowest BCUT2D eigenvalue weighted by atomic mass is 10.3. The van der Waals surface area contributed by atoms with Crippen LogP contribution in [0.15, 0.2) is 27.2 Å². The highest BCUT2D eigenvalue weighted by atomic mass is 16.4. The van der Waals surface area contributed by atoms with E-state index < -0.39 is 0 Å². The Labute approximate surface area is 128 Å². The van der Waals surface area contributed by atoms with Crippen LogP contribution in [0, 0.1) is 11.3 Å². The second-order valence-corrected chi connectivity index (χ2v) is 5.17. The van der Waals surface area contributed by atoms with Gasteiger partial charge >= 0.3 is 0 Å². The van der Waals surface area contributed by atoms with Gasteiger partial charge in [-0.05, 0) is 18.6 Å². The van der Waals surface area contributed by atoms with Gasteiger partial charge in [0.15, 0.2) is 5.76 Å². The average Bonchev–Trinajstić information content (AvgIpc) is 3.22. The summed E-state index contributed by atoms with van der Waals surface area (Å²) < 4.78 is 11.0. The maximum atomic E-state index is 9.26. The topological polar surface area (TPSA) is 89.7 Å². The Kier molecular flexibility index (Phi) is 4.42. The molecule has 1 N–H and O–H groups in total. The molecule has 0 radical (unpaired) electrons. The van der Waals surface area contributed by atoms with Gasteiger partial charge in [-0.3, -0.25) is 4.90 Å². The van der Waals surface area contributed by atoms with E-state index in [0.29, 0.717) is 17.5 Å². The normalized spacial score (nSPS) is 15.9. The molecule has 0 aromatic carbocycles. The van der Waals surface area contributed by atoms with Crippen molar-refractivity contribution in [3.63, 3.8) is 0 Å². The monoisotopic (exact) mass is 302 g/mol. The maximum absolute atomic E-state index is 9.26. The van der Waals surface area contributed by atoms with E-state index in [0.717, 1.165) is 39.1 Å². The van der Waals surface area contributed by atoms with E-state index in [1.54, 1.807) is 18.4 Å². The molecule has 1 fully saturated rings. The van der Waals surface area contributed by atoms with E-state index in [-0.39, 0.29) is 12.3 Å². The first-order valence-electron chi connectivity index (χ1n) is 7.35. The molecule has 1 saturated heterocycles. The van der Waals surface area contributed by atoms with Crippen molar-refractivity contribution in [1.82, 2.24) is 9.88 Å². The molecule has 0 saturated carbocycles. The van der Waals surface area contributed by atoms with Gasteiger partial charge in [-0.25, -0.2) is 0 Å². The van der Waals surface area contributed by atoms with E-state index in [9.17, 15) is 5.26 Å². The number of hydrogen-bond acceptors (Lipinski definition) is 7. The van der Waals surface area contributed by atoms with Gasteiger partial charge in [-0.15, -0.1) is 0 Å². The molecule has 7 nitrogen and oxygen atoms in total. The molecule has 0 spiro atoms. The lowest BCUT2D eigenvalue weighted by Gasteiger charge is -2.34. The molecule has 2 aromatic rings. The number of furan rings is 1. The number of aliphatic hydroxyl groups excluding tert-OH is 1. The molecule has 0 amide bonds. The molecule has 116 valence electrons. The summed E-state index contributed by atoms with van der Waals surface area (Å²) in [6.07, 6.45) is 2.33. The van der Waals surface area contributed by atoms with Gasteiger partial charge in [-0.1, -0.05) is 0 Å². The quantitative estimate of drug-likeness (QED) is 0.890. The lowest BCUT2D eigenvalue weighted by Crippen LogP contribution is -2.46. The predicted molar refractivity (Wildman–Crippen MR) is 79.3 cm³/mol. The smallest absolute Gasteiger partial charge is 0.266 e. The van der Waals surface area contributed by atoms with Crippen molar-refractivity contribution >= 4 is 5.88 Å². The molecule has 0 atom stereocenters. The van der Waals surface area contributed by atoms with Gasteiger partial charge in [0.2, 0.25) is 11.6 Å². The van der Waals surface area contributed by atoms with E-state index in [1.807, 2.05) is 4.90 Å². The van der Waals surface area contributed by atoms with Crippen molar-refractivity contribution in [2.24, 2.45) is 0 Å². The number of nitriles is 1. The zero-order valence-corrected chi connectivity index (χ0v) is 12.2. The number of hydrogen-bond donors (Lipinski definition) is 1. The number of oxazole rings is 1. The maximum Gasteiger partial charge on any atom is 0.266 e. The Morgan fingerprint density at radius 3 is 2.77 bits per heavy atom.